The van der Waals surface area contributed by atoms with Crippen LogP contribution in [0.4, 0.5) is 0 Å². The maximum atomic E-state index is 6.77. The standard InChI is InChI=1S/C73H93N7O4/c1-9-11-12-13-14-22-60(21-10-2)84-61-37-29-56(30-38-61)73-68-45-43-66(76-68)71(54-25-33-58(34-26-54)82-51-19-16-48-79(5)6)64-41-39-62(74-64)70(53-23-31-57(32-24-53)81-50-18-15-47-78(3)4)63-40-42-65(75-63)72(67-44-46-69(73)77-67)55-27-35-59(36-28-55)83-52-20-17-49-80(7)8/h23-46,60,74-77H,9-22,47-52H2,1-8H3. The lowest BCUT2D eigenvalue weighted by atomic mass is 10.0. The Morgan fingerprint density at radius 3 is 0.940 bits per heavy atom. The minimum atomic E-state index is 0.198. The van der Waals surface area contributed by atoms with Gasteiger partial charge in [0.15, 0.2) is 0 Å². The molecule has 0 fully saturated rings. The molecule has 1 aliphatic rings. The molecule has 0 saturated heterocycles. The van der Waals surface area contributed by atoms with Gasteiger partial charge in [-0.2, -0.15) is 0 Å². The lowest BCUT2D eigenvalue weighted by Crippen LogP contribution is -2.19. The molecule has 9 rings (SSSR count). The van der Waals surface area contributed by atoms with Crippen LogP contribution in [0.25, 0.3) is 22.3 Å². The van der Waals surface area contributed by atoms with Gasteiger partial charge in [0.2, 0.25) is 0 Å². The number of ether oxygens (including phenoxy) is 4. The fraction of sp³-hybridized carbons (Fsp3) is 0.397. The summed E-state index contributed by atoms with van der Waals surface area (Å²) in [4.78, 5) is 22.6. The van der Waals surface area contributed by atoms with E-state index in [1.807, 2.05) is 0 Å². The number of nitrogens with zero attached hydrogens (tertiary/aromatic N) is 3. The van der Waals surface area contributed by atoms with E-state index in [0.29, 0.717) is 19.8 Å². The number of benzene rings is 4. The third-order valence-electron chi connectivity index (χ3n) is 15.8. The van der Waals surface area contributed by atoms with Crippen LogP contribution in [0.1, 0.15) is 149 Å². The van der Waals surface area contributed by atoms with Crippen LogP contribution >= 0.6 is 0 Å². The van der Waals surface area contributed by atoms with E-state index in [-0.39, 0.29) is 6.10 Å². The summed E-state index contributed by atoms with van der Waals surface area (Å²) in [5, 5.41) is 3.93. The van der Waals surface area contributed by atoms with E-state index in [1.54, 1.807) is 0 Å². The molecule has 8 aromatic rings. The van der Waals surface area contributed by atoms with Crippen molar-refractivity contribution in [2.75, 3.05) is 81.7 Å². The zero-order valence-corrected chi connectivity index (χ0v) is 51.6. The maximum Gasteiger partial charge on any atom is 0.119 e. The van der Waals surface area contributed by atoms with Gasteiger partial charge in [-0.05, 0) is 239 Å². The van der Waals surface area contributed by atoms with Crippen molar-refractivity contribution in [3.05, 3.63) is 212 Å². The molecule has 0 amide bonds. The first-order valence-corrected chi connectivity index (χ1v) is 31.2. The Morgan fingerprint density at radius 1 is 0.310 bits per heavy atom. The van der Waals surface area contributed by atoms with Crippen molar-refractivity contribution in [1.82, 2.24) is 34.6 Å². The minimum Gasteiger partial charge on any atom is -0.494 e. The maximum absolute atomic E-state index is 6.77. The van der Waals surface area contributed by atoms with Gasteiger partial charge in [0, 0.05) is 66.5 Å². The topological polar surface area (TPSA) is 110 Å². The summed E-state index contributed by atoms with van der Waals surface area (Å²) >= 11 is 0. The number of aromatic amines is 4. The molecule has 5 heterocycles. The van der Waals surface area contributed by atoms with Gasteiger partial charge in [-0.25, -0.2) is 0 Å². The smallest absolute Gasteiger partial charge is 0.119 e. The Bertz CT molecular complexity index is 3530. The third kappa shape index (κ3) is 16.9. The van der Waals surface area contributed by atoms with Gasteiger partial charge in [-0.3, -0.25) is 0 Å². The van der Waals surface area contributed by atoms with Crippen molar-refractivity contribution in [1.29, 1.82) is 0 Å². The molecule has 1 unspecified atom stereocenters. The zero-order chi connectivity index (χ0) is 58.6. The van der Waals surface area contributed by atoms with Crippen LogP contribution < -0.4 is 40.3 Å². The van der Waals surface area contributed by atoms with Gasteiger partial charge in [-0.15, -0.1) is 0 Å². The molecule has 0 aliphatic carbocycles. The molecule has 4 N–H and O–H groups in total. The fourth-order valence-corrected chi connectivity index (χ4v) is 11.3. The molecule has 0 saturated carbocycles. The van der Waals surface area contributed by atoms with E-state index in [9.17, 15) is 0 Å². The SMILES string of the molecule is CCCCCCCC(CCC)Oc1ccc(C2=c3ccc([nH]3)=C(c3ccc(OCCCCN(C)C)cc3)c3ccc([nH]3)C(c3ccc(OCCCCN(C)C)cc3)=c3ccc([nH]3)=C(c3ccc(OCCCCN(C)C)cc3)c3ccc2[nH]3)cc1. The Balaban J connectivity index is 1.18. The molecule has 11 heteroatoms. The van der Waals surface area contributed by atoms with Crippen molar-refractivity contribution in [3.63, 3.8) is 0 Å². The van der Waals surface area contributed by atoms with Gasteiger partial charge in [0.05, 0.1) is 25.9 Å². The number of rotatable bonds is 32. The van der Waals surface area contributed by atoms with Crippen molar-refractivity contribution < 1.29 is 18.9 Å². The molecule has 0 radical (unpaired) electrons. The number of nitrogens with one attached hydrogen (secondary N) is 4. The van der Waals surface area contributed by atoms with Crippen molar-refractivity contribution in [2.45, 2.75) is 110 Å². The molecule has 1 atom stereocenters. The summed E-state index contributed by atoms with van der Waals surface area (Å²) in [6, 6.07) is 52.2. The number of unbranched alkanes of at least 4 members (excludes halogenated alkanes) is 7. The third-order valence-corrected chi connectivity index (χ3v) is 15.8. The molecule has 1 aliphatic heterocycles. The van der Waals surface area contributed by atoms with Crippen LogP contribution in [-0.2, 0) is 0 Å². The average Bonchev–Trinajstić information content (AvgIpc) is 2.47. The highest BCUT2D eigenvalue weighted by molar-refractivity contribution is 5.85. The van der Waals surface area contributed by atoms with Crippen LogP contribution in [0, 0.1) is 0 Å². The molecule has 8 bridgehead atoms. The highest BCUT2D eigenvalue weighted by Crippen LogP contribution is 2.31. The summed E-state index contributed by atoms with van der Waals surface area (Å²) in [5.41, 5.74) is 12.4. The van der Waals surface area contributed by atoms with Crippen LogP contribution in [-0.4, -0.2) is 122 Å². The summed E-state index contributed by atoms with van der Waals surface area (Å²) in [7, 11) is 12.7. The number of aromatic nitrogens is 4. The zero-order valence-electron chi connectivity index (χ0n) is 51.6. The Hall–Kier alpha value is -7.44. The predicted molar refractivity (Wildman–Crippen MR) is 346 cm³/mol. The minimum absolute atomic E-state index is 0.198. The predicted octanol–water partition coefficient (Wildman–Crippen LogP) is 12.4. The van der Waals surface area contributed by atoms with Gasteiger partial charge < -0.3 is 53.6 Å². The average molecular weight is 1130 g/mol. The monoisotopic (exact) mass is 1130 g/mol. The largest absolute Gasteiger partial charge is 0.494 e. The van der Waals surface area contributed by atoms with E-state index in [2.05, 4.69) is 236 Å². The molecule has 0 spiro atoms. The number of fused-ring (bicyclic) bond motifs is 8. The van der Waals surface area contributed by atoms with Crippen LogP contribution in [0.3, 0.4) is 0 Å². The molecular weight excluding hydrogens is 1040 g/mol. The van der Waals surface area contributed by atoms with Gasteiger partial charge in [0.1, 0.15) is 23.0 Å². The number of hydrogen-bond acceptors (Lipinski definition) is 7. The van der Waals surface area contributed by atoms with E-state index < -0.39 is 0 Å². The van der Waals surface area contributed by atoms with Gasteiger partial charge >= 0.3 is 0 Å². The lowest BCUT2D eigenvalue weighted by molar-refractivity contribution is 0.175. The molecule has 84 heavy (non-hydrogen) atoms. The van der Waals surface area contributed by atoms with Gasteiger partial charge in [0.25, 0.3) is 0 Å². The molecule has 4 aromatic heterocycles. The molecule has 11 nitrogen and oxygen atoms in total. The lowest BCUT2D eigenvalue weighted by Gasteiger charge is -2.19. The second kappa shape index (κ2) is 30.9. The first kappa shape index (κ1) is 61.1. The quantitative estimate of drug-likeness (QED) is 0.0311. The summed E-state index contributed by atoms with van der Waals surface area (Å²) in [6.45, 7) is 9.70. The molecular formula is C73H93N7O4. The molecule has 4 aromatic carbocycles. The van der Waals surface area contributed by atoms with E-state index in [1.165, 1.54) is 32.1 Å². The first-order valence-electron chi connectivity index (χ1n) is 31.2. The summed E-state index contributed by atoms with van der Waals surface area (Å²) in [5.74, 6) is 3.49. The van der Waals surface area contributed by atoms with E-state index in [0.717, 1.165) is 189 Å². The second-order valence-corrected chi connectivity index (χ2v) is 23.5. The number of H-pyrrole nitrogens is 4. The van der Waals surface area contributed by atoms with Crippen molar-refractivity contribution >= 4 is 22.3 Å². The Kier molecular flexibility index (Phi) is 22.5. The Morgan fingerprint density at radius 2 is 0.631 bits per heavy atom. The highest BCUT2D eigenvalue weighted by Gasteiger charge is 2.20. The normalized spacial score (nSPS) is 12.9. The first-order chi connectivity index (χ1) is 41.0. The van der Waals surface area contributed by atoms with E-state index in [4.69, 9.17) is 18.9 Å². The van der Waals surface area contributed by atoms with E-state index >= 15 is 0 Å². The second-order valence-electron chi connectivity index (χ2n) is 23.5. The van der Waals surface area contributed by atoms with Crippen LogP contribution in [0.15, 0.2) is 146 Å². The molecule has 444 valence electrons. The van der Waals surface area contributed by atoms with Gasteiger partial charge in [-0.1, -0.05) is 94.5 Å². The highest BCUT2D eigenvalue weighted by atomic mass is 16.5. The fourth-order valence-electron chi connectivity index (χ4n) is 11.3. The number of hydrogen-bond donors (Lipinski definition) is 4. The van der Waals surface area contributed by atoms with Crippen LogP contribution in [0.2, 0.25) is 0 Å². The van der Waals surface area contributed by atoms with Crippen molar-refractivity contribution in [2.24, 2.45) is 0 Å². The Labute approximate surface area is 500 Å². The summed E-state index contributed by atoms with van der Waals surface area (Å²) in [6.07, 6.45) is 16.0. The summed E-state index contributed by atoms with van der Waals surface area (Å²) < 4.78 is 25.7. The van der Waals surface area contributed by atoms with Crippen LogP contribution in [0.5, 0.6) is 23.0 Å². The van der Waals surface area contributed by atoms with Crippen molar-refractivity contribution in [3.8, 4) is 23.0 Å².